The van der Waals surface area contributed by atoms with Gasteiger partial charge in [-0.1, -0.05) is 60.1 Å². The molecule has 2 heterocycles. The fraction of sp³-hybridized carbons (Fsp3) is 0.905. The molecule has 0 amide bonds. The molecule has 0 spiro atoms. The van der Waals surface area contributed by atoms with Gasteiger partial charge < -0.3 is 64.9 Å². The Morgan fingerprint density at radius 1 is 0.754 bits per heavy atom. The number of rotatable bonds is 6. The van der Waals surface area contributed by atoms with Crippen molar-refractivity contribution in [3.05, 3.63) is 11.6 Å². The van der Waals surface area contributed by atoms with Gasteiger partial charge in [0.15, 0.2) is 12.4 Å². The van der Waals surface area contributed by atoms with Gasteiger partial charge in [-0.25, -0.2) is 4.79 Å². The highest BCUT2D eigenvalue weighted by Gasteiger charge is 2.72. The average molecular weight is 811 g/mol. The number of carboxylic acid groups (broad SMARTS) is 1. The smallest absolute Gasteiger partial charge is 0.335 e. The number of hydrogen-bond acceptors (Lipinski definition) is 14. The summed E-state index contributed by atoms with van der Waals surface area (Å²) in [6.45, 7) is 14.9. The van der Waals surface area contributed by atoms with Crippen molar-refractivity contribution in [2.45, 2.75) is 180 Å². The van der Waals surface area contributed by atoms with E-state index in [2.05, 4.69) is 54.5 Å². The summed E-state index contributed by atoms with van der Waals surface area (Å²) in [6, 6.07) is 0. The minimum atomic E-state index is -1.81. The maximum atomic E-state index is 14.6. The highest BCUT2D eigenvalue weighted by molar-refractivity contribution is 5.80. The van der Waals surface area contributed by atoms with Crippen LogP contribution in [-0.4, -0.2) is 138 Å². The van der Waals surface area contributed by atoms with E-state index in [0.29, 0.717) is 32.1 Å². The third kappa shape index (κ3) is 6.30. The van der Waals surface area contributed by atoms with Crippen molar-refractivity contribution in [1.29, 1.82) is 0 Å². The number of fused-ring (bicyclic) bond motifs is 7. The van der Waals surface area contributed by atoms with Gasteiger partial charge in [-0.15, -0.1) is 0 Å². The van der Waals surface area contributed by atoms with Crippen LogP contribution < -0.4 is 0 Å². The van der Waals surface area contributed by atoms with Crippen molar-refractivity contribution < 1.29 is 74.5 Å². The first kappa shape index (κ1) is 43.3. The normalized spacial score (nSPS) is 52.9. The molecule has 0 aromatic heterocycles. The number of allylic oxidation sites excluding steroid dienone is 2. The zero-order chi connectivity index (χ0) is 42.0. The molecule has 0 aromatic rings. The summed E-state index contributed by atoms with van der Waals surface area (Å²) in [6.07, 6.45) is -9.99. The van der Waals surface area contributed by atoms with E-state index in [1.54, 1.807) is 0 Å². The number of ether oxygens (including phenoxy) is 4. The van der Waals surface area contributed by atoms with Gasteiger partial charge in [0.2, 0.25) is 6.29 Å². The minimum absolute atomic E-state index is 0.140. The Morgan fingerprint density at radius 2 is 1.40 bits per heavy atom. The SMILES string of the molecule is CC1(C)CCC2(C(=O)OC3OC(CO)C(O)C(O)C3O)C(O)CC3(C)C(=CCC4C5(C)CCC(OC6OC(C(=O)O)C(O)C(O)C6O)C(C)(C)C5CCC43C)C2C1. The predicted molar refractivity (Wildman–Crippen MR) is 199 cm³/mol. The van der Waals surface area contributed by atoms with E-state index in [9.17, 15) is 55.5 Å². The van der Waals surface area contributed by atoms with Gasteiger partial charge in [0.25, 0.3) is 0 Å². The molecule has 2 saturated heterocycles. The highest BCUT2D eigenvalue weighted by Crippen LogP contribution is 2.76. The zero-order valence-electron chi connectivity index (χ0n) is 34.3. The van der Waals surface area contributed by atoms with Crippen LogP contribution in [0.2, 0.25) is 0 Å². The lowest BCUT2D eigenvalue weighted by Crippen LogP contribution is -2.68. The Hall–Kier alpha value is -1.76. The Labute approximate surface area is 334 Å². The maximum absolute atomic E-state index is 14.6. The number of carbonyl (C=O) groups excluding carboxylic acids is 1. The van der Waals surface area contributed by atoms with Gasteiger partial charge in [0.05, 0.1) is 18.8 Å². The van der Waals surface area contributed by atoms with E-state index < -0.39 is 108 Å². The van der Waals surface area contributed by atoms with Crippen LogP contribution in [0.4, 0.5) is 0 Å². The molecule has 15 nitrogen and oxygen atoms in total. The van der Waals surface area contributed by atoms with Gasteiger partial charge in [-0.2, -0.15) is 0 Å². The first-order valence-corrected chi connectivity index (χ1v) is 20.9. The standard InChI is InChI=1S/C42H66O15/c1-37(2)14-15-42(36(53)57-34-30(49)27(46)26(45)21(18-43)54-34)20(16-37)19-8-9-23-39(5)12-11-25(55-35-31(50)28(47)29(48)32(56-35)33(51)52)38(3,4)22(39)10-13-40(23,6)41(19,7)17-24(42)44/h8,20-32,34-35,43-50H,9-18H2,1-7H3,(H,51,52). The molecule has 7 rings (SSSR count). The number of carbonyl (C=O) groups is 2. The van der Waals surface area contributed by atoms with Crippen molar-refractivity contribution in [2.75, 3.05) is 6.61 Å². The first-order chi connectivity index (χ1) is 26.4. The Morgan fingerprint density at radius 3 is 2.05 bits per heavy atom. The second-order valence-electron chi connectivity index (χ2n) is 20.8. The Balaban J connectivity index is 1.18. The van der Waals surface area contributed by atoms with Crippen molar-refractivity contribution in [3.63, 3.8) is 0 Å². The zero-order valence-corrected chi connectivity index (χ0v) is 34.3. The Kier molecular flexibility index (Phi) is 11.0. The van der Waals surface area contributed by atoms with Crippen LogP contribution in [0.5, 0.6) is 0 Å². The largest absolute Gasteiger partial charge is 0.479 e. The molecule has 15 heteroatoms. The Bertz CT molecular complexity index is 1600. The molecular weight excluding hydrogens is 744 g/mol. The van der Waals surface area contributed by atoms with Crippen LogP contribution in [0.15, 0.2) is 11.6 Å². The minimum Gasteiger partial charge on any atom is -0.479 e. The van der Waals surface area contributed by atoms with Gasteiger partial charge in [0.1, 0.15) is 48.1 Å². The monoisotopic (exact) mass is 810 g/mol. The summed E-state index contributed by atoms with van der Waals surface area (Å²) >= 11 is 0. The second-order valence-corrected chi connectivity index (χ2v) is 20.8. The third-order valence-corrected chi connectivity index (χ3v) is 17.2. The van der Waals surface area contributed by atoms with Crippen molar-refractivity contribution in [3.8, 4) is 0 Å². The van der Waals surface area contributed by atoms with E-state index in [1.165, 1.54) is 0 Å². The van der Waals surface area contributed by atoms with Crippen LogP contribution in [0.3, 0.4) is 0 Å². The van der Waals surface area contributed by atoms with Crippen molar-refractivity contribution in [1.82, 2.24) is 0 Å². The summed E-state index contributed by atoms with van der Waals surface area (Å²) in [5, 5.41) is 94.9. The van der Waals surface area contributed by atoms with Crippen molar-refractivity contribution in [2.24, 2.45) is 50.2 Å². The molecule has 324 valence electrons. The molecule has 0 aromatic carbocycles. The second kappa shape index (κ2) is 14.4. The molecule has 6 fully saturated rings. The number of aliphatic carboxylic acids is 1. The van der Waals surface area contributed by atoms with Gasteiger partial charge in [-0.05, 0) is 103 Å². The predicted octanol–water partition coefficient (Wildman–Crippen LogP) is 1.38. The van der Waals surface area contributed by atoms with Crippen LogP contribution in [0.1, 0.15) is 106 Å². The average Bonchev–Trinajstić information content (AvgIpc) is 3.12. The first-order valence-electron chi connectivity index (χ1n) is 20.9. The van der Waals surface area contributed by atoms with E-state index in [4.69, 9.17) is 18.9 Å². The number of aliphatic hydroxyl groups excluding tert-OH is 8. The fourth-order valence-corrected chi connectivity index (χ4v) is 13.6. The lowest BCUT2D eigenvalue weighted by Gasteiger charge is -2.71. The number of aliphatic hydroxyl groups is 8. The molecule has 4 saturated carbocycles. The molecule has 9 N–H and O–H groups in total. The summed E-state index contributed by atoms with van der Waals surface area (Å²) < 4.78 is 23.4. The summed E-state index contributed by atoms with van der Waals surface area (Å²) in [5.74, 6) is -2.26. The van der Waals surface area contributed by atoms with Gasteiger partial charge in [0, 0.05) is 0 Å². The molecule has 7 aliphatic rings. The summed E-state index contributed by atoms with van der Waals surface area (Å²) in [5.41, 5.74) is -1.83. The maximum Gasteiger partial charge on any atom is 0.335 e. The van der Waals surface area contributed by atoms with E-state index in [-0.39, 0.29) is 34.0 Å². The number of carboxylic acids is 1. The van der Waals surface area contributed by atoms with Crippen LogP contribution in [-0.2, 0) is 28.5 Å². The third-order valence-electron chi connectivity index (χ3n) is 17.2. The molecule has 19 unspecified atom stereocenters. The van der Waals surface area contributed by atoms with Crippen LogP contribution in [0.25, 0.3) is 0 Å². The molecule has 0 bridgehead atoms. The molecule has 0 radical (unpaired) electrons. The molecule has 5 aliphatic carbocycles. The van der Waals surface area contributed by atoms with Crippen LogP contribution in [0, 0.1) is 50.2 Å². The van der Waals surface area contributed by atoms with Gasteiger partial charge in [-0.3, -0.25) is 4.79 Å². The van der Waals surface area contributed by atoms with E-state index in [1.807, 2.05) is 0 Å². The molecule has 57 heavy (non-hydrogen) atoms. The summed E-state index contributed by atoms with van der Waals surface area (Å²) in [4.78, 5) is 26.4. The van der Waals surface area contributed by atoms with Crippen molar-refractivity contribution >= 4 is 11.9 Å². The van der Waals surface area contributed by atoms with E-state index >= 15 is 0 Å². The quantitative estimate of drug-likeness (QED) is 0.104. The topological polar surface area (TPSA) is 253 Å². The lowest BCUT2D eigenvalue weighted by molar-refractivity contribution is -0.324. The van der Waals surface area contributed by atoms with Crippen LogP contribution >= 0.6 is 0 Å². The number of hydrogen-bond donors (Lipinski definition) is 9. The van der Waals surface area contributed by atoms with Gasteiger partial charge >= 0.3 is 11.9 Å². The number of esters is 1. The highest BCUT2D eigenvalue weighted by atomic mass is 16.7. The molecule has 19 atom stereocenters. The molecule has 2 aliphatic heterocycles. The fourth-order valence-electron chi connectivity index (χ4n) is 13.6. The molecular formula is C42H66O15. The lowest BCUT2D eigenvalue weighted by atomic mass is 9.33. The summed E-state index contributed by atoms with van der Waals surface area (Å²) in [7, 11) is 0. The van der Waals surface area contributed by atoms with E-state index in [0.717, 1.165) is 31.3 Å².